The van der Waals surface area contributed by atoms with Crippen LogP contribution in [0.1, 0.15) is 40.6 Å². The van der Waals surface area contributed by atoms with E-state index in [-0.39, 0.29) is 18.1 Å². The van der Waals surface area contributed by atoms with E-state index < -0.39 is 12.0 Å². The Hall–Kier alpha value is -4.05. The highest BCUT2D eigenvalue weighted by molar-refractivity contribution is 6.34. The number of hydrogen-bond donors (Lipinski definition) is 3. The Morgan fingerprint density at radius 1 is 1.19 bits per heavy atom. The number of rotatable bonds is 8. The average molecular weight is 514 g/mol. The maximum absolute atomic E-state index is 12.9. The van der Waals surface area contributed by atoms with E-state index in [0.717, 1.165) is 17.5 Å². The van der Waals surface area contributed by atoms with Gasteiger partial charge in [0.15, 0.2) is 5.96 Å². The fourth-order valence-electron chi connectivity index (χ4n) is 3.38. The number of aryl methyl sites for hydroxylation is 2. The third kappa shape index (κ3) is 6.54. The SMILES string of the molecule is CCCOC(=O)Nc1c(C)cc(CN/C(N)=N\C(=O)c2c(-c3ccc(OC)cc3)noc2C)cc1Cl. The number of halogens is 1. The monoisotopic (exact) mass is 513 g/mol. The number of amides is 2. The number of nitrogens with zero attached hydrogens (tertiary/aromatic N) is 2. The maximum Gasteiger partial charge on any atom is 0.411 e. The molecule has 0 saturated heterocycles. The van der Waals surface area contributed by atoms with Gasteiger partial charge in [0.1, 0.15) is 22.8 Å². The lowest BCUT2D eigenvalue weighted by Gasteiger charge is -2.13. The molecule has 3 aromatic rings. The van der Waals surface area contributed by atoms with E-state index in [9.17, 15) is 9.59 Å². The minimum Gasteiger partial charge on any atom is -0.497 e. The number of hydrogen-bond acceptors (Lipinski definition) is 6. The summed E-state index contributed by atoms with van der Waals surface area (Å²) in [4.78, 5) is 28.7. The van der Waals surface area contributed by atoms with Gasteiger partial charge in [-0.2, -0.15) is 4.99 Å². The molecule has 0 spiro atoms. The number of benzene rings is 2. The van der Waals surface area contributed by atoms with E-state index >= 15 is 0 Å². The van der Waals surface area contributed by atoms with Crippen molar-refractivity contribution in [2.45, 2.75) is 33.7 Å². The number of aliphatic imine (C=N–C) groups is 1. The molecule has 36 heavy (non-hydrogen) atoms. The molecule has 0 bridgehead atoms. The molecule has 4 N–H and O–H groups in total. The van der Waals surface area contributed by atoms with Crippen LogP contribution in [-0.4, -0.2) is 36.8 Å². The zero-order chi connectivity index (χ0) is 26.2. The van der Waals surface area contributed by atoms with Gasteiger partial charge in [0.25, 0.3) is 5.91 Å². The second-order valence-corrected chi connectivity index (χ2v) is 8.28. The lowest BCUT2D eigenvalue weighted by Crippen LogP contribution is -2.32. The molecule has 0 aliphatic carbocycles. The molecule has 0 aliphatic heterocycles. The molecule has 10 nitrogen and oxygen atoms in total. The highest BCUT2D eigenvalue weighted by Gasteiger charge is 2.22. The molecule has 0 unspecified atom stereocenters. The van der Waals surface area contributed by atoms with E-state index in [4.69, 9.17) is 31.3 Å². The smallest absolute Gasteiger partial charge is 0.411 e. The summed E-state index contributed by atoms with van der Waals surface area (Å²) in [6, 6.07) is 10.6. The van der Waals surface area contributed by atoms with Crippen molar-refractivity contribution in [2.24, 2.45) is 10.7 Å². The Bertz CT molecular complexity index is 1250. The van der Waals surface area contributed by atoms with Crippen molar-refractivity contribution in [2.75, 3.05) is 19.0 Å². The fraction of sp³-hybridized carbons (Fsp3) is 0.280. The molecule has 0 fully saturated rings. The first-order valence-electron chi connectivity index (χ1n) is 11.2. The third-order valence-electron chi connectivity index (χ3n) is 5.15. The molecule has 2 aromatic carbocycles. The molecule has 11 heteroatoms. The Kier molecular flexibility index (Phi) is 8.91. The summed E-state index contributed by atoms with van der Waals surface area (Å²) in [5.74, 6) is 0.323. The van der Waals surface area contributed by atoms with E-state index in [1.165, 1.54) is 0 Å². The molecule has 2 amide bonds. The van der Waals surface area contributed by atoms with Crippen LogP contribution in [0.5, 0.6) is 5.75 Å². The number of nitrogens with two attached hydrogens (primary N) is 1. The maximum atomic E-state index is 12.9. The molecular weight excluding hydrogens is 486 g/mol. The molecule has 3 rings (SSSR count). The molecule has 190 valence electrons. The van der Waals surface area contributed by atoms with Crippen molar-refractivity contribution in [3.05, 3.63) is 63.9 Å². The molecule has 1 heterocycles. The third-order valence-corrected chi connectivity index (χ3v) is 5.45. The minimum absolute atomic E-state index is 0.0830. The number of carbonyl (C=O) groups is 2. The second kappa shape index (κ2) is 12.1. The van der Waals surface area contributed by atoms with Gasteiger partial charge in [-0.25, -0.2) is 4.79 Å². The normalized spacial score (nSPS) is 11.2. The van der Waals surface area contributed by atoms with Gasteiger partial charge < -0.3 is 25.0 Å². The molecule has 0 radical (unpaired) electrons. The number of anilines is 1. The van der Waals surface area contributed by atoms with Crippen LogP contribution in [0.15, 0.2) is 45.9 Å². The van der Waals surface area contributed by atoms with Crippen molar-refractivity contribution < 1.29 is 23.6 Å². The first-order chi connectivity index (χ1) is 17.2. The first-order valence-corrected chi connectivity index (χ1v) is 11.6. The van der Waals surface area contributed by atoms with Crippen LogP contribution >= 0.6 is 11.6 Å². The van der Waals surface area contributed by atoms with E-state index in [1.807, 2.05) is 13.0 Å². The van der Waals surface area contributed by atoms with Crippen molar-refractivity contribution >= 4 is 35.2 Å². The lowest BCUT2D eigenvalue weighted by atomic mass is 10.1. The highest BCUT2D eigenvalue weighted by atomic mass is 35.5. The number of aromatic nitrogens is 1. The van der Waals surface area contributed by atoms with Crippen LogP contribution in [0.4, 0.5) is 10.5 Å². The summed E-state index contributed by atoms with van der Waals surface area (Å²) in [6.07, 6.45) is 0.149. The van der Waals surface area contributed by atoms with Crippen LogP contribution in [0.2, 0.25) is 5.02 Å². The summed E-state index contributed by atoms with van der Waals surface area (Å²) >= 11 is 6.35. The number of nitrogens with one attached hydrogen (secondary N) is 2. The van der Waals surface area contributed by atoms with Gasteiger partial charge in [-0.15, -0.1) is 0 Å². The largest absolute Gasteiger partial charge is 0.497 e. The molecule has 1 aromatic heterocycles. The van der Waals surface area contributed by atoms with Gasteiger partial charge in [0.05, 0.1) is 24.4 Å². The Morgan fingerprint density at radius 2 is 1.92 bits per heavy atom. The highest BCUT2D eigenvalue weighted by Crippen LogP contribution is 2.29. The van der Waals surface area contributed by atoms with Crippen LogP contribution in [-0.2, 0) is 11.3 Å². The molecule has 0 saturated carbocycles. The van der Waals surface area contributed by atoms with E-state index in [2.05, 4.69) is 20.8 Å². The number of guanidine groups is 1. The predicted molar refractivity (Wildman–Crippen MR) is 137 cm³/mol. The lowest BCUT2D eigenvalue weighted by molar-refractivity contribution is 0.100. The molecular formula is C25H28ClN5O5. The summed E-state index contributed by atoms with van der Waals surface area (Å²) in [5.41, 5.74) is 9.20. The van der Waals surface area contributed by atoms with Gasteiger partial charge in [-0.3, -0.25) is 10.1 Å². The van der Waals surface area contributed by atoms with Crippen molar-refractivity contribution in [1.82, 2.24) is 10.5 Å². The van der Waals surface area contributed by atoms with Crippen LogP contribution in [0.25, 0.3) is 11.3 Å². The number of methoxy groups -OCH3 is 1. The van der Waals surface area contributed by atoms with E-state index in [0.29, 0.717) is 40.1 Å². The van der Waals surface area contributed by atoms with Crippen molar-refractivity contribution in [3.63, 3.8) is 0 Å². The summed E-state index contributed by atoms with van der Waals surface area (Å²) in [7, 11) is 1.57. The Morgan fingerprint density at radius 3 is 2.56 bits per heavy atom. The number of ether oxygens (including phenoxy) is 2. The van der Waals surface area contributed by atoms with Crippen LogP contribution in [0, 0.1) is 13.8 Å². The van der Waals surface area contributed by atoms with Gasteiger partial charge >= 0.3 is 6.09 Å². The Labute approximate surface area is 213 Å². The van der Waals surface area contributed by atoms with Gasteiger partial charge in [0.2, 0.25) is 0 Å². The van der Waals surface area contributed by atoms with Crippen LogP contribution in [0.3, 0.4) is 0 Å². The fourth-order valence-corrected chi connectivity index (χ4v) is 3.71. The summed E-state index contributed by atoms with van der Waals surface area (Å²) in [6.45, 7) is 5.91. The Balaban J connectivity index is 1.70. The minimum atomic E-state index is -0.594. The van der Waals surface area contributed by atoms with E-state index in [1.54, 1.807) is 51.3 Å². The van der Waals surface area contributed by atoms with Gasteiger partial charge in [0, 0.05) is 12.1 Å². The standard InChI is InChI=1S/C25H28ClN5O5/c1-5-10-35-25(33)29-21-14(2)11-16(12-19(21)26)13-28-24(27)30-23(32)20-15(3)36-31-22(20)17-6-8-18(34-4)9-7-17/h6-9,11-12H,5,10,13H2,1-4H3,(H,29,33)(H3,27,28,30,32). The molecule has 0 aliphatic rings. The van der Waals surface area contributed by atoms with Crippen molar-refractivity contribution in [3.8, 4) is 17.0 Å². The number of carbonyl (C=O) groups excluding carboxylic acids is 2. The molecule has 0 atom stereocenters. The predicted octanol–water partition coefficient (Wildman–Crippen LogP) is 4.82. The van der Waals surface area contributed by atoms with Crippen LogP contribution < -0.4 is 21.1 Å². The van der Waals surface area contributed by atoms with Gasteiger partial charge in [-0.1, -0.05) is 29.7 Å². The average Bonchev–Trinajstić information content (AvgIpc) is 3.25. The quantitative estimate of drug-likeness (QED) is 0.287. The van der Waals surface area contributed by atoms with Gasteiger partial charge in [-0.05, 0) is 61.7 Å². The second-order valence-electron chi connectivity index (χ2n) is 7.88. The zero-order valence-corrected chi connectivity index (χ0v) is 21.2. The topological polar surface area (TPSA) is 141 Å². The van der Waals surface area contributed by atoms with Crippen molar-refractivity contribution in [1.29, 1.82) is 0 Å². The summed E-state index contributed by atoms with van der Waals surface area (Å²) < 4.78 is 15.4. The summed E-state index contributed by atoms with van der Waals surface area (Å²) in [5, 5.41) is 9.90. The zero-order valence-electron chi connectivity index (χ0n) is 20.5. The first kappa shape index (κ1) is 26.6.